The average Bonchev–Trinajstić information content (AvgIpc) is 2.18. The van der Waals surface area contributed by atoms with Gasteiger partial charge in [-0.3, -0.25) is 4.90 Å². The van der Waals surface area contributed by atoms with Crippen molar-refractivity contribution in [2.24, 2.45) is 5.92 Å². The van der Waals surface area contributed by atoms with Crippen LogP contribution in [0.25, 0.3) is 0 Å². The molecule has 2 aliphatic heterocycles. The van der Waals surface area contributed by atoms with Crippen LogP contribution >= 0.6 is 0 Å². The fraction of sp³-hybridized carbons (Fsp3) is 1.00. The molecule has 2 heterocycles. The molecular weight excluding hydrogens is 202 g/mol. The van der Waals surface area contributed by atoms with Gasteiger partial charge in [0.05, 0.1) is 0 Å². The molecule has 4 heteroatoms. The molecule has 0 aliphatic carbocycles. The van der Waals surface area contributed by atoms with Gasteiger partial charge >= 0.3 is 0 Å². The van der Waals surface area contributed by atoms with Crippen LogP contribution in [0.1, 0.15) is 6.92 Å². The smallest absolute Gasteiger partial charge is 0.0500 e. The van der Waals surface area contributed by atoms with E-state index >= 15 is 0 Å². The molecule has 0 amide bonds. The second-order valence-electron chi connectivity index (χ2n) is 5.21. The van der Waals surface area contributed by atoms with Crippen LogP contribution in [0.5, 0.6) is 0 Å². The van der Waals surface area contributed by atoms with Crippen molar-refractivity contribution < 1.29 is 4.74 Å². The van der Waals surface area contributed by atoms with E-state index in [4.69, 9.17) is 4.74 Å². The molecule has 1 N–H and O–H groups in total. The maximum atomic E-state index is 5.19. The van der Waals surface area contributed by atoms with Gasteiger partial charge in [0.25, 0.3) is 0 Å². The summed E-state index contributed by atoms with van der Waals surface area (Å²) in [7, 11) is 1.79. The molecule has 0 bridgehead atoms. The zero-order valence-corrected chi connectivity index (χ0v) is 10.6. The number of nitrogens with zero attached hydrogens (tertiary/aromatic N) is 2. The minimum Gasteiger partial charge on any atom is -0.384 e. The first-order valence-corrected chi connectivity index (χ1v) is 6.45. The maximum absolute atomic E-state index is 5.19. The van der Waals surface area contributed by atoms with Gasteiger partial charge in [0.15, 0.2) is 0 Å². The molecule has 0 aromatic carbocycles. The Morgan fingerprint density at radius 3 is 2.44 bits per heavy atom. The highest BCUT2D eigenvalue weighted by atomic mass is 16.5. The minimum absolute atomic E-state index is 0.655. The van der Waals surface area contributed by atoms with E-state index in [0.717, 1.165) is 12.6 Å². The molecule has 0 radical (unpaired) electrons. The van der Waals surface area contributed by atoms with E-state index in [9.17, 15) is 0 Å². The number of rotatable bonds is 5. The zero-order chi connectivity index (χ0) is 11.4. The molecule has 0 aromatic rings. The Bertz CT molecular complexity index is 200. The van der Waals surface area contributed by atoms with Crippen LogP contribution in [-0.2, 0) is 4.74 Å². The van der Waals surface area contributed by atoms with Crippen molar-refractivity contribution in [1.29, 1.82) is 0 Å². The third-order valence-corrected chi connectivity index (χ3v) is 3.70. The van der Waals surface area contributed by atoms with Crippen molar-refractivity contribution in [2.75, 3.05) is 59.5 Å². The second kappa shape index (κ2) is 5.96. The Morgan fingerprint density at radius 1 is 1.25 bits per heavy atom. The first-order valence-electron chi connectivity index (χ1n) is 6.45. The summed E-state index contributed by atoms with van der Waals surface area (Å²) in [6.45, 7) is 11.7. The molecule has 2 fully saturated rings. The molecule has 16 heavy (non-hydrogen) atoms. The van der Waals surface area contributed by atoms with E-state index in [0.29, 0.717) is 5.92 Å². The molecule has 94 valence electrons. The van der Waals surface area contributed by atoms with E-state index in [1.807, 2.05) is 0 Å². The molecule has 1 unspecified atom stereocenters. The number of ether oxygens (including phenoxy) is 1. The van der Waals surface area contributed by atoms with Gasteiger partial charge in [0.1, 0.15) is 0 Å². The molecule has 2 aliphatic rings. The van der Waals surface area contributed by atoms with E-state index in [-0.39, 0.29) is 0 Å². The van der Waals surface area contributed by atoms with Crippen LogP contribution in [0.2, 0.25) is 0 Å². The van der Waals surface area contributed by atoms with Crippen molar-refractivity contribution in [3.8, 4) is 0 Å². The van der Waals surface area contributed by atoms with Crippen LogP contribution in [0, 0.1) is 5.92 Å². The van der Waals surface area contributed by atoms with Crippen LogP contribution < -0.4 is 5.32 Å². The largest absolute Gasteiger partial charge is 0.384 e. The summed E-state index contributed by atoms with van der Waals surface area (Å²) in [4.78, 5) is 5.21. The van der Waals surface area contributed by atoms with Gasteiger partial charge < -0.3 is 15.0 Å². The summed E-state index contributed by atoms with van der Waals surface area (Å²) >= 11 is 0. The Hall–Kier alpha value is -0.160. The lowest BCUT2D eigenvalue weighted by Crippen LogP contribution is -2.61. The van der Waals surface area contributed by atoms with E-state index in [1.54, 1.807) is 7.11 Å². The number of hydrogen-bond donors (Lipinski definition) is 1. The first-order chi connectivity index (χ1) is 7.79. The molecule has 2 rings (SSSR count). The highest BCUT2D eigenvalue weighted by molar-refractivity contribution is 4.87. The topological polar surface area (TPSA) is 27.7 Å². The van der Waals surface area contributed by atoms with E-state index < -0.39 is 0 Å². The van der Waals surface area contributed by atoms with Crippen molar-refractivity contribution in [2.45, 2.75) is 13.0 Å². The van der Waals surface area contributed by atoms with Crippen LogP contribution in [-0.4, -0.2) is 75.4 Å². The van der Waals surface area contributed by atoms with Gasteiger partial charge in [-0.1, -0.05) is 6.92 Å². The fourth-order valence-electron chi connectivity index (χ4n) is 2.62. The minimum atomic E-state index is 0.655. The molecular formula is C12H25N3O. The predicted octanol–water partition coefficient (Wildman–Crippen LogP) is -0.142. The van der Waals surface area contributed by atoms with Crippen molar-refractivity contribution in [3.05, 3.63) is 0 Å². The maximum Gasteiger partial charge on any atom is 0.0500 e. The molecule has 0 spiro atoms. The predicted molar refractivity (Wildman–Crippen MR) is 65.7 cm³/mol. The zero-order valence-electron chi connectivity index (χ0n) is 10.6. The van der Waals surface area contributed by atoms with Crippen LogP contribution in [0.4, 0.5) is 0 Å². The Balaban J connectivity index is 1.64. The van der Waals surface area contributed by atoms with Crippen molar-refractivity contribution in [1.82, 2.24) is 15.1 Å². The third-order valence-electron chi connectivity index (χ3n) is 3.70. The third kappa shape index (κ3) is 3.17. The lowest BCUT2D eigenvalue weighted by molar-refractivity contribution is 0.0563. The summed E-state index contributed by atoms with van der Waals surface area (Å²) in [5.74, 6) is 0.655. The van der Waals surface area contributed by atoms with Gasteiger partial charge in [0, 0.05) is 65.6 Å². The SMILES string of the molecule is COCC(C)CN1CCN(C2CNC2)CC1. The first kappa shape index (κ1) is 12.3. The van der Waals surface area contributed by atoms with Gasteiger partial charge in [-0.25, -0.2) is 0 Å². The van der Waals surface area contributed by atoms with E-state index in [2.05, 4.69) is 22.0 Å². The highest BCUT2D eigenvalue weighted by Crippen LogP contribution is 2.11. The Kier molecular flexibility index (Phi) is 4.58. The lowest BCUT2D eigenvalue weighted by Gasteiger charge is -2.43. The second-order valence-corrected chi connectivity index (χ2v) is 5.21. The molecule has 1 atom stereocenters. The number of methoxy groups -OCH3 is 1. The Labute approximate surface area is 98.9 Å². The summed E-state index contributed by atoms with van der Waals surface area (Å²) in [6.07, 6.45) is 0. The fourth-order valence-corrected chi connectivity index (χ4v) is 2.62. The Morgan fingerprint density at radius 2 is 1.94 bits per heavy atom. The molecule has 4 nitrogen and oxygen atoms in total. The van der Waals surface area contributed by atoms with Gasteiger partial charge in [-0.2, -0.15) is 0 Å². The average molecular weight is 227 g/mol. The molecule has 0 saturated carbocycles. The number of nitrogens with one attached hydrogen (secondary N) is 1. The quantitative estimate of drug-likeness (QED) is 0.707. The van der Waals surface area contributed by atoms with E-state index in [1.165, 1.54) is 45.8 Å². The standard InChI is InChI=1S/C12H25N3O/c1-11(10-16-2)9-14-3-5-15(6-4-14)12-7-13-8-12/h11-13H,3-10H2,1-2H3. The van der Waals surface area contributed by atoms with Crippen LogP contribution in [0.3, 0.4) is 0 Å². The lowest BCUT2D eigenvalue weighted by atomic mass is 10.1. The summed E-state index contributed by atoms with van der Waals surface area (Å²) in [5.41, 5.74) is 0. The number of piperazine rings is 1. The molecule has 0 aromatic heterocycles. The number of hydrogen-bond acceptors (Lipinski definition) is 4. The normalized spacial score (nSPS) is 26.6. The summed E-state index contributed by atoms with van der Waals surface area (Å²) in [6, 6.07) is 0.818. The van der Waals surface area contributed by atoms with Gasteiger partial charge in [-0.05, 0) is 5.92 Å². The van der Waals surface area contributed by atoms with Crippen molar-refractivity contribution >= 4 is 0 Å². The van der Waals surface area contributed by atoms with Crippen molar-refractivity contribution in [3.63, 3.8) is 0 Å². The molecule has 2 saturated heterocycles. The van der Waals surface area contributed by atoms with Gasteiger partial charge in [0.2, 0.25) is 0 Å². The monoisotopic (exact) mass is 227 g/mol. The van der Waals surface area contributed by atoms with Gasteiger partial charge in [-0.15, -0.1) is 0 Å². The summed E-state index contributed by atoms with van der Waals surface area (Å²) in [5, 5.41) is 3.35. The summed E-state index contributed by atoms with van der Waals surface area (Å²) < 4.78 is 5.19. The van der Waals surface area contributed by atoms with Crippen LogP contribution in [0.15, 0.2) is 0 Å². The highest BCUT2D eigenvalue weighted by Gasteiger charge is 2.27.